The quantitative estimate of drug-likeness (QED) is 0.0405. The Morgan fingerprint density at radius 2 is 1.68 bits per heavy atom. The van der Waals surface area contributed by atoms with Gasteiger partial charge in [0.1, 0.15) is 19.3 Å². The van der Waals surface area contributed by atoms with Crippen LogP contribution < -0.4 is 0 Å². The highest BCUT2D eigenvalue weighted by atomic mass is 31.2. The molecule has 38 heavy (non-hydrogen) atoms. The van der Waals surface area contributed by atoms with Crippen molar-refractivity contribution in [3.05, 3.63) is 48.6 Å². The van der Waals surface area contributed by atoms with Gasteiger partial charge in [0.15, 0.2) is 0 Å². The molecule has 0 aliphatic rings. The van der Waals surface area contributed by atoms with E-state index in [4.69, 9.17) is 13.8 Å². The molecule has 0 aliphatic carbocycles. The number of aliphatic hydroxyl groups excluding tert-OH is 2. The third-order valence-electron chi connectivity index (χ3n) is 5.23. The Bertz CT molecular complexity index is 773. The van der Waals surface area contributed by atoms with Gasteiger partial charge in [0.2, 0.25) is 0 Å². The summed E-state index contributed by atoms with van der Waals surface area (Å²) >= 11 is 0. The molecule has 0 saturated carbocycles. The average Bonchev–Trinajstić information content (AvgIpc) is 2.84. The van der Waals surface area contributed by atoms with Crippen LogP contribution in [0.15, 0.2) is 48.6 Å². The van der Waals surface area contributed by atoms with Crippen molar-refractivity contribution in [1.29, 1.82) is 0 Å². The maximum absolute atomic E-state index is 12.0. The summed E-state index contributed by atoms with van der Waals surface area (Å²) in [5.41, 5.74) is 0. The lowest BCUT2D eigenvalue weighted by Crippen LogP contribution is -2.37. The Hall–Kier alpha value is -1.58. The van der Waals surface area contributed by atoms with Crippen LogP contribution in [-0.4, -0.2) is 85.3 Å². The van der Waals surface area contributed by atoms with Crippen LogP contribution in [0.3, 0.4) is 0 Å². The lowest BCUT2D eigenvalue weighted by molar-refractivity contribution is -0.870. The molecule has 0 aromatic heterocycles. The fourth-order valence-corrected chi connectivity index (χ4v) is 3.70. The van der Waals surface area contributed by atoms with Crippen LogP contribution in [0.2, 0.25) is 0 Å². The zero-order chi connectivity index (χ0) is 28.7. The first-order valence-corrected chi connectivity index (χ1v) is 15.0. The van der Waals surface area contributed by atoms with Gasteiger partial charge in [0.25, 0.3) is 0 Å². The van der Waals surface area contributed by atoms with Gasteiger partial charge in [-0.15, -0.1) is 0 Å². The van der Waals surface area contributed by atoms with Gasteiger partial charge in [-0.05, 0) is 38.5 Å². The molecule has 0 amide bonds. The highest BCUT2D eigenvalue weighted by Crippen LogP contribution is 2.43. The second-order valence-corrected chi connectivity index (χ2v) is 11.5. The van der Waals surface area contributed by atoms with Crippen molar-refractivity contribution in [2.24, 2.45) is 0 Å². The van der Waals surface area contributed by atoms with Gasteiger partial charge in [-0.1, -0.05) is 68.4 Å². The summed E-state index contributed by atoms with van der Waals surface area (Å²) in [5, 5.41) is 19.3. The van der Waals surface area contributed by atoms with Crippen molar-refractivity contribution in [2.45, 2.75) is 76.9 Å². The number of nitrogens with zero attached hydrogens (tertiary/aromatic N) is 1. The highest BCUT2D eigenvalue weighted by molar-refractivity contribution is 7.47. The van der Waals surface area contributed by atoms with Crippen LogP contribution in [-0.2, 0) is 23.1 Å². The zero-order valence-corrected chi connectivity index (χ0v) is 24.6. The molecular weight excluding hydrogens is 509 g/mol. The molecule has 0 aliphatic heterocycles. The van der Waals surface area contributed by atoms with E-state index in [1.807, 2.05) is 57.6 Å². The first-order valence-electron chi connectivity index (χ1n) is 13.5. The summed E-state index contributed by atoms with van der Waals surface area (Å²) in [7, 11) is 1.46. The number of carbonyl (C=O) groups excluding carboxylic acids is 1. The molecule has 220 valence electrons. The summed E-state index contributed by atoms with van der Waals surface area (Å²) in [6, 6.07) is 0. The van der Waals surface area contributed by atoms with Gasteiger partial charge >= 0.3 is 13.8 Å². The molecule has 1 unspecified atom stereocenters. The van der Waals surface area contributed by atoms with E-state index in [2.05, 4.69) is 13.0 Å². The molecule has 3 atom stereocenters. The number of ether oxygens (including phenoxy) is 1. The molecule has 0 rings (SSSR count). The number of quaternary nitrogens is 1. The number of phosphoric acid groups is 1. The Morgan fingerprint density at radius 3 is 2.37 bits per heavy atom. The van der Waals surface area contributed by atoms with E-state index in [0.717, 1.165) is 12.8 Å². The Kier molecular flexibility index (Phi) is 21.3. The summed E-state index contributed by atoms with van der Waals surface area (Å²) in [4.78, 5) is 21.7. The molecule has 0 bridgehead atoms. The summed E-state index contributed by atoms with van der Waals surface area (Å²) in [6.45, 7) is 1.75. The standard InChI is InChI=1S/C28H50NO8P/c1-5-6-7-8-10-13-16-19-26(31)20-17-14-11-9-12-15-18-21-28(32)37-27(24-30)25-36-38(33,34)35-23-22-29(2,3)4/h9-10,12-14,16-17,19,26-27,30-31H,5-8,11,15,18,20-25H2,1-4H3/p+1/b12-9-,13-10-,17-14-,19-16+/t26-,27+/m0/s1. The van der Waals surface area contributed by atoms with E-state index in [1.165, 1.54) is 19.3 Å². The molecule has 10 heteroatoms. The number of carbonyl (C=O) groups is 1. The molecule has 9 nitrogen and oxygen atoms in total. The normalized spacial score (nSPS) is 16.1. The number of likely N-dealkylation sites (N-methyl/N-ethyl adjacent to an activating group) is 1. The number of hydrogen-bond donors (Lipinski definition) is 3. The number of esters is 1. The maximum atomic E-state index is 12.0. The number of rotatable bonds is 23. The Labute approximate surface area is 229 Å². The van der Waals surface area contributed by atoms with Gasteiger partial charge < -0.3 is 24.3 Å². The molecule has 0 aromatic rings. The molecule has 0 heterocycles. The van der Waals surface area contributed by atoms with Gasteiger partial charge in [0, 0.05) is 6.42 Å². The molecule has 0 spiro atoms. The second-order valence-electron chi connectivity index (χ2n) is 10.1. The lowest BCUT2D eigenvalue weighted by Gasteiger charge is -2.24. The number of hydrogen-bond acceptors (Lipinski definition) is 7. The fourth-order valence-electron chi connectivity index (χ4n) is 2.96. The largest absolute Gasteiger partial charge is 0.472 e. The minimum atomic E-state index is -4.30. The SMILES string of the molecule is CCCCC/C=C\C=C\[C@H](O)C/C=C\C/C=C\CCCC(=O)O[C@H](CO)COP(=O)(O)OCC[N+](C)(C)C. The molecule has 0 saturated heterocycles. The van der Waals surface area contributed by atoms with E-state index in [-0.39, 0.29) is 13.0 Å². The number of phosphoric ester groups is 1. The average molecular weight is 561 g/mol. The zero-order valence-electron chi connectivity index (χ0n) is 23.7. The fraction of sp³-hybridized carbons (Fsp3) is 0.679. The van der Waals surface area contributed by atoms with Crippen molar-refractivity contribution < 1.29 is 42.7 Å². The Balaban J connectivity index is 4.01. The van der Waals surface area contributed by atoms with Crippen LogP contribution in [0.5, 0.6) is 0 Å². The second kappa shape index (κ2) is 22.3. The smallest absolute Gasteiger partial charge is 0.457 e. The predicted molar refractivity (Wildman–Crippen MR) is 151 cm³/mol. The molecule has 3 N–H and O–H groups in total. The van der Waals surface area contributed by atoms with Crippen LogP contribution in [0.4, 0.5) is 0 Å². The Morgan fingerprint density at radius 1 is 0.974 bits per heavy atom. The molecule has 0 fully saturated rings. The third-order valence-corrected chi connectivity index (χ3v) is 6.22. The van der Waals surface area contributed by atoms with Crippen LogP contribution in [0, 0.1) is 0 Å². The van der Waals surface area contributed by atoms with E-state index >= 15 is 0 Å². The summed E-state index contributed by atoms with van der Waals surface area (Å²) in [6.07, 6.45) is 21.6. The van der Waals surface area contributed by atoms with Crippen molar-refractivity contribution in [2.75, 3.05) is 47.5 Å². The topological polar surface area (TPSA) is 123 Å². The van der Waals surface area contributed by atoms with Crippen LogP contribution in [0.25, 0.3) is 0 Å². The number of unbranched alkanes of at least 4 members (excludes halogenated alkanes) is 4. The van der Waals surface area contributed by atoms with Gasteiger partial charge in [-0.2, -0.15) is 0 Å². The van der Waals surface area contributed by atoms with E-state index < -0.39 is 39.2 Å². The summed E-state index contributed by atoms with van der Waals surface area (Å²) < 4.78 is 27.3. The maximum Gasteiger partial charge on any atom is 0.472 e. The molecular formula is C28H51NO8P+. The number of aliphatic hydroxyl groups is 2. The van der Waals surface area contributed by atoms with E-state index in [1.54, 1.807) is 6.08 Å². The van der Waals surface area contributed by atoms with Gasteiger partial charge in [0.05, 0.1) is 40.5 Å². The predicted octanol–water partition coefficient (Wildman–Crippen LogP) is 4.85. The monoisotopic (exact) mass is 560 g/mol. The van der Waals surface area contributed by atoms with E-state index in [9.17, 15) is 24.5 Å². The first kappa shape index (κ1) is 36.4. The van der Waals surface area contributed by atoms with Gasteiger partial charge in [-0.25, -0.2) is 4.57 Å². The lowest BCUT2D eigenvalue weighted by atomic mass is 10.2. The first-order chi connectivity index (χ1) is 18.0. The van der Waals surface area contributed by atoms with Crippen molar-refractivity contribution >= 4 is 13.8 Å². The van der Waals surface area contributed by atoms with Crippen molar-refractivity contribution in [1.82, 2.24) is 0 Å². The van der Waals surface area contributed by atoms with Crippen LogP contribution >= 0.6 is 7.82 Å². The van der Waals surface area contributed by atoms with Gasteiger partial charge in [-0.3, -0.25) is 13.8 Å². The summed E-state index contributed by atoms with van der Waals surface area (Å²) in [5.74, 6) is -0.516. The molecule has 0 radical (unpaired) electrons. The minimum Gasteiger partial charge on any atom is -0.457 e. The highest BCUT2D eigenvalue weighted by Gasteiger charge is 2.25. The van der Waals surface area contributed by atoms with Crippen molar-refractivity contribution in [3.63, 3.8) is 0 Å². The van der Waals surface area contributed by atoms with Crippen LogP contribution in [0.1, 0.15) is 64.7 Å². The molecule has 0 aromatic carbocycles. The minimum absolute atomic E-state index is 0.0284. The number of allylic oxidation sites excluding steroid dienone is 6. The van der Waals surface area contributed by atoms with Crippen molar-refractivity contribution in [3.8, 4) is 0 Å². The third kappa shape index (κ3) is 24.7. The van der Waals surface area contributed by atoms with E-state index in [0.29, 0.717) is 30.3 Å².